The van der Waals surface area contributed by atoms with Gasteiger partial charge >= 0.3 is 0 Å². The molecule has 8 nitrogen and oxygen atoms in total. The Labute approximate surface area is 247 Å². The number of aliphatic hydroxyl groups is 2. The molecule has 40 heavy (non-hydrogen) atoms. The van der Waals surface area contributed by atoms with Crippen LogP contribution < -0.4 is 10.0 Å². The van der Waals surface area contributed by atoms with Crippen LogP contribution in [0.3, 0.4) is 0 Å². The molecular formula is C28H29Cl2N3O5S2. The first-order valence-electron chi connectivity index (χ1n) is 12.7. The molecule has 12 heteroatoms. The lowest BCUT2D eigenvalue weighted by molar-refractivity contribution is -0.0943. The Morgan fingerprint density at radius 2 is 1.60 bits per heavy atom. The van der Waals surface area contributed by atoms with Crippen molar-refractivity contribution in [2.75, 3.05) is 29.3 Å². The van der Waals surface area contributed by atoms with Gasteiger partial charge in [-0.05, 0) is 60.0 Å². The van der Waals surface area contributed by atoms with E-state index in [0.717, 1.165) is 22.9 Å². The smallest absolute Gasteiger partial charge is 0.251 e. The standard InChI is InChI=1S/C28H29Cl2N3O5S2/c29-22-8-4-19(5-9-22)26(20-6-10-23(30)11-7-20)33-15-18(16-33)17-40(37,38)32-24-3-1-2-21(14-24)27(34)31-25-12-13-39-28(25,35)36/h1-11,14,18,25-26,32,35-36H,12-13,15-17H2,(H,31,34). The Hall–Kier alpha value is -2.31. The van der Waals surface area contributed by atoms with Crippen molar-refractivity contribution in [1.82, 2.24) is 10.2 Å². The minimum Gasteiger partial charge on any atom is -0.356 e. The fraction of sp³-hybridized carbons (Fsp3) is 0.321. The second-order valence-electron chi connectivity index (χ2n) is 10.1. The van der Waals surface area contributed by atoms with Crippen molar-refractivity contribution in [2.24, 2.45) is 5.92 Å². The highest BCUT2D eigenvalue weighted by molar-refractivity contribution is 8.00. The molecular weight excluding hydrogens is 593 g/mol. The zero-order valence-electron chi connectivity index (χ0n) is 21.3. The van der Waals surface area contributed by atoms with Crippen LogP contribution in [0.4, 0.5) is 5.69 Å². The van der Waals surface area contributed by atoms with Gasteiger partial charge in [-0.2, -0.15) is 0 Å². The van der Waals surface area contributed by atoms with E-state index < -0.39 is 27.1 Å². The minimum atomic E-state index is -3.69. The van der Waals surface area contributed by atoms with Crippen molar-refractivity contribution in [3.8, 4) is 0 Å². The molecule has 0 radical (unpaired) electrons. The number of hydrogen-bond donors (Lipinski definition) is 4. The van der Waals surface area contributed by atoms with E-state index in [1.807, 2.05) is 48.5 Å². The summed E-state index contributed by atoms with van der Waals surface area (Å²) in [7, 11) is -3.69. The van der Waals surface area contributed by atoms with E-state index in [4.69, 9.17) is 23.2 Å². The monoisotopic (exact) mass is 621 g/mol. The molecule has 212 valence electrons. The first kappa shape index (κ1) is 29.2. The van der Waals surface area contributed by atoms with Gasteiger partial charge in [0.2, 0.25) is 15.1 Å². The number of anilines is 1. The van der Waals surface area contributed by atoms with Gasteiger partial charge in [-0.15, -0.1) is 0 Å². The Bertz CT molecular complexity index is 1420. The molecule has 1 amide bonds. The van der Waals surface area contributed by atoms with Crippen molar-refractivity contribution in [3.63, 3.8) is 0 Å². The first-order chi connectivity index (χ1) is 19.0. The van der Waals surface area contributed by atoms with Crippen LogP contribution in [0.5, 0.6) is 0 Å². The zero-order valence-corrected chi connectivity index (χ0v) is 24.5. The van der Waals surface area contributed by atoms with Gasteiger partial charge < -0.3 is 15.5 Å². The molecule has 0 aliphatic carbocycles. The Kier molecular flexibility index (Phi) is 8.68. The highest BCUT2D eigenvalue weighted by Gasteiger charge is 2.41. The summed E-state index contributed by atoms with van der Waals surface area (Å²) in [4.78, 5) is 14.9. The van der Waals surface area contributed by atoms with E-state index in [0.29, 0.717) is 35.3 Å². The van der Waals surface area contributed by atoms with Gasteiger partial charge in [-0.25, -0.2) is 8.42 Å². The molecule has 2 aliphatic rings. The number of sulfonamides is 1. The summed E-state index contributed by atoms with van der Waals surface area (Å²) in [5.41, 5.74) is 2.59. The third kappa shape index (κ3) is 6.94. The lowest BCUT2D eigenvalue weighted by Gasteiger charge is -2.44. The summed E-state index contributed by atoms with van der Waals surface area (Å²) in [6.07, 6.45) is 0.422. The molecule has 2 aliphatic heterocycles. The van der Waals surface area contributed by atoms with Gasteiger partial charge in [0.1, 0.15) is 0 Å². The summed E-state index contributed by atoms with van der Waals surface area (Å²) in [5.74, 6) is -0.138. The quantitative estimate of drug-likeness (QED) is 0.263. The Morgan fingerprint density at radius 1 is 1.00 bits per heavy atom. The number of carbonyl (C=O) groups excluding carboxylic acids is 1. The topological polar surface area (TPSA) is 119 Å². The summed E-state index contributed by atoms with van der Waals surface area (Å²) in [5, 5.41) is 21.8. The summed E-state index contributed by atoms with van der Waals surface area (Å²) in [6, 6.07) is 20.5. The van der Waals surface area contributed by atoms with Gasteiger partial charge in [0, 0.05) is 46.1 Å². The van der Waals surface area contributed by atoms with Crippen LogP contribution in [-0.4, -0.2) is 65.2 Å². The van der Waals surface area contributed by atoms with Crippen LogP contribution >= 0.6 is 35.0 Å². The second-order valence-corrected chi connectivity index (χ2v) is 14.0. The van der Waals surface area contributed by atoms with Crippen molar-refractivity contribution in [1.29, 1.82) is 0 Å². The molecule has 0 spiro atoms. The number of nitrogens with zero attached hydrogens (tertiary/aromatic N) is 1. The predicted molar refractivity (Wildman–Crippen MR) is 159 cm³/mol. The maximum Gasteiger partial charge on any atom is 0.251 e. The SMILES string of the molecule is O=C(NC1CCSC1(O)O)c1cccc(NS(=O)(=O)CC2CN(C(c3ccc(Cl)cc3)c3ccc(Cl)cc3)C2)c1. The maximum atomic E-state index is 13.0. The fourth-order valence-corrected chi connectivity index (χ4v) is 7.79. The van der Waals surface area contributed by atoms with Crippen molar-refractivity contribution >= 4 is 56.6 Å². The number of amides is 1. The highest BCUT2D eigenvalue weighted by Crippen LogP contribution is 2.36. The zero-order chi connectivity index (χ0) is 28.5. The van der Waals surface area contributed by atoms with Gasteiger partial charge in [-0.3, -0.25) is 14.4 Å². The van der Waals surface area contributed by atoms with Crippen LogP contribution in [0.1, 0.15) is 33.9 Å². The second kappa shape index (κ2) is 11.9. The average Bonchev–Trinajstić information content (AvgIpc) is 3.21. The van der Waals surface area contributed by atoms with Crippen LogP contribution in [0.2, 0.25) is 10.0 Å². The molecule has 0 saturated carbocycles. The van der Waals surface area contributed by atoms with Crippen LogP contribution in [0, 0.1) is 5.92 Å². The van der Waals surface area contributed by atoms with Gasteiger partial charge in [0.15, 0.2) is 0 Å². The van der Waals surface area contributed by atoms with Gasteiger partial charge in [-0.1, -0.05) is 65.3 Å². The fourth-order valence-electron chi connectivity index (χ4n) is 5.11. The summed E-state index contributed by atoms with van der Waals surface area (Å²) in [6.45, 7) is 1.17. The lowest BCUT2D eigenvalue weighted by atomic mass is 9.91. The molecule has 3 aromatic rings. The number of thioether (sulfide) groups is 1. The number of nitrogens with one attached hydrogen (secondary N) is 2. The van der Waals surface area contributed by atoms with E-state index >= 15 is 0 Å². The van der Waals surface area contributed by atoms with Crippen molar-refractivity contribution in [3.05, 3.63) is 99.5 Å². The average molecular weight is 623 g/mol. The molecule has 2 heterocycles. The predicted octanol–water partition coefficient (Wildman–Crippen LogP) is 4.33. The third-order valence-corrected chi connectivity index (χ3v) is 10.2. The highest BCUT2D eigenvalue weighted by atomic mass is 35.5. The third-order valence-electron chi connectivity index (χ3n) is 7.06. The van der Waals surface area contributed by atoms with Crippen LogP contribution in [0.25, 0.3) is 0 Å². The number of likely N-dealkylation sites (tertiary alicyclic amines) is 1. The molecule has 4 N–H and O–H groups in total. The molecule has 0 aromatic heterocycles. The molecule has 5 rings (SSSR count). The number of benzene rings is 3. The van der Waals surface area contributed by atoms with Crippen LogP contribution in [0.15, 0.2) is 72.8 Å². The molecule has 2 saturated heterocycles. The van der Waals surface area contributed by atoms with Gasteiger partial charge in [0.05, 0.1) is 17.8 Å². The first-order valence-corrected chi connectivity index (χ1v) is 16.1. The molecule has 3 aromatic carbocycles. The molecule has 1 unspecified atom stereocenters. The van der Waals surface area contributed by atoms with Crippen molar-refractivity contribution in [2.45, 2.75) is 23.6 Å². The number of carbonyl (C=O) groups is 1. The lowest BCUT2D eigenvalue weighted by Crippen LogP contribution is -2.51. The van der Waals surface area contributed by atoms with E-state index in [1.54, 1.807) is 18.2 Å². The van der Waals surface area contributed by atoms with E-state index in [1.165, 1.54) is 6.07 Å². The van der Waals surface area contributed by atoms with Gasteiger partial charge in [0.25, 0.3) is 5.91 Å². The molecule has 1 atom stereocenters. The van der Waals surface area contributed by atoms with E-state index in [9.17, 15) is 23.4 Å². The van der Waals surface area contributed by atoms with E-state index in [2.05, 4.69) is 14.9 Å². The molecule has 2 fully saturated rings. The number of halogens is 2. The normalized spacial score (nSPS) is 19.4. The number of rotatable bonds is 9. The summed E-state index contributed by atoms with van der Waals surface area (Å²) < 4.78 is 28.6. The summed E-state index contributed by atoms with van der Waals surface area (Å²) >= 11 is 13.2. The molecule has 0 bridgehead atoms. The number of hydrogen-bond acceptors (Lipinski definition) is 7. The largest absolute Gasteiger partial charge is 0.356 e. The Morgan fingerprint density at radius 3 is 2.15 bits per heavy atom. The van der Waals surface area contributed by atoms with Crippen molar-refractivity contribution < 1.29 is 23.4 Å². The van der Waals surface area contributed by atoms with Crippen LogP contribution in [-0.2, 0) is 10.0 Å². The maximum absolute atomic E-state index is 13.0. The van der Waals surface area contributed by atoms with E-state index in [-0.39, 0.29) is 29.0 Å². The Balaban J connectivity index is 1.21. The minimum absolute atomic E-state index is 0.0634.